The number of nitrogens with one attached hydrogen (secondary N) is 1. The van der Waals surface area contributed by atoms with Crippen molar-refractivity contribution >= 4 is 17.1 Å². The molecule has 0 amide bonds. The summed E-state index contributed by atoms with van der Waals surface area (Å²) in [4.78, 5) is 42.8. The van der Waals surface area contributed by atoms with Crippen LogP contribution < -0.4 is 11.2 Å². The third kappa shape index (κ3) is 3.45. The molecule has 148 valence electrons. The van der Waals surface area contributed by atoms with E-state index in [0.717, 1.165) is 24.6 Å². The number of carbonyl (C=O) groups is 1. The van der Waals surface area contributed by atoms with Crippen molar-refractivity contribution in [3.8, 4) is 0 Å². The van der Waals surface area contributed by atoms with Gasteiger partial charge in [-0.25, -0.2) is 23.4 Å². The van der Waals surface area contributed by atoms with Gasteiger partial charge in [0.1, 0.15) is 29.6 Å². The monoisotopic (exact) mass is 392 g/mol. The van der Waals surface area contributed by atoms with E-state index in [4.69, 9.17) is 4.74 Å². The number of unbranched alkanes of at least 4 members (excludes halogenated alkanes) is 1. The van der Waals surface area contributed by atoms with Crippen molar-refractivity contribution in [1.82, 2.24) is 19.1 Å². The lowest BCUT2D eigenvalue weighted by Gasteiger charge is -2.06. The number of aromatic nitrogens is 4. The zero-order valence-corrected chi connectivity index (χ0v) is 15.3. The Morgan fingerprint density at radius 3 is 2.57 bits per heavy atom. The summed E-state index contributed by atoms with van der Waals surface area (Å²) in [5, 5.41) is 0. The van der Waals surface area contributed by atoms with Crippen LogP contribution in [-0.2, 0) is 24.9 Å². The fourth-order valence-corrected chi connectivity index (χ4v) is 2.84. The zero-order valence-electron chi connectivity index (χ0n) is 15.3. The van der Waals surface area contributed by atoms with Gasteiger partial charge in [-0.3, -0.25) is 14.3 Å². The Morgan fingerprint density at radius 2 is 1.93 bits per heavy atom. The lowest BCUT2D eigenvalue weighted by atomic mass is 10.2. The summed E-state index contributed by atoms with van der Waals surface area (Å²) in [5.74, 6) is -3.12. The molecule has 0 saturated carbocycles. The molecule has 2 aromatic heterocycles. The van der Waals surface area contributed by atoms with Crippen LogP contribution in [0, 0.1) is 11.6 Å². The third-order valence-corrected chi connectivity index (χ3v) is 4.34. The van der Waals surface area contributed by atoms with E-state index in [9.17, 15) is 23.2 Å². The van der Waals surface area contributed by atoms with Crippen LogP contribution in [0.3, 0.4) is 0 Å². The quantitative estimate of drug-likeness (QED) is 0.646. The number of benzene rings is 1. The normalized spacial score (nSPS) is 11.1. The molecule has 0 saturated heterocycles. The number of hydrogen-bond acceptors (Lipinski definition) is 5. The van der Waals surface area contributed by atoms with Gasteiger partial charge >= 0.3 is 11.7 Å². The van der Waals surface area contributed by atoms with Crippen molar-refractivity contribution in [2.24, 2.45) is 7.05 Å². The van der Waals surface area contributed by atoms with Gasteiger partial charge in [0.2, 0.25) is 0 Å². The van der Waals surface area contributed by atoms with E-state index in [2.05, 4.69) is 9.97 Å². The van der Waals surface area contributed by atoms with Crippen LogP contribution in [0.2, 0.25) is 0 Å². The maximum absolute atomic E-state index is 13.7. The molecule has 2 heterocycles. The highest BCUT2D eigenvalue weighted by Gasteiger charge is 2.21. The Labute approximate surface area is 157 Å². The molecule has 3 aromatic rings. The van der Waals surface area contributed by atoms with Crippen LogP contribution in [0.25, 0.3) is 11.2 Å². The molecule has 0 atom stereocenters. The lowest BCUT2D eigenvalue weighted by molar-refractivity contribution is 0.0448. The molecule has 8 nitrogen and oxygen atoms in total. The number of H-pyrrole nitrogens is 1. The molecule has 3 rings (SSSR count). The van der Waals surface area contributed by atoms with Gasteiger partial charge < -0.3 is 9.30 Å². The van der Waals surface area contributed by atoms with Crippen molar-refractivity contribution < 1.29 is 18.3 Å². The smallest absolute Gasteiger partial charge is 0.344 e. The standard InChI is InChI=1S/C18H18F2N4O4/c1-3-4-8-24-15-14(16(25)22-18(24)27)23(2)12(21-15)9-28-17(26)13-10(19)6-5-7-11(13)20/h5-7H,3-4,8-9H2,1-2H3,(H,22,25,27). The minimum Gasteiger partial charge on any atom is -0.454 e. The number of halogens is 2. The number of nitrogens with zero attached hydrogens (tertiary/aromatic N) is 3. The van der Waals surface area contributed by atoms with Gasteiger partial charge in [0, 0.05) is 13.6 Å². The summed E-state index contributed by atoms with van der Waals surface area (Å²) in [6, 6.07) is 3.02. The molecule has 0 fully saturated rings. The Kier molecular flexibility index (Phi) is 5.39. The highest BCUT2D eigenvalue weighted by atomic mass is 19.1. The van der Waals surface area contributed by atoms with E-state index in [1.54, 1.807) is 0 Å². The molecule has 0 bridgehead atoms. The molecule has 10 heteroatoms. The second-order valence-electron chi connectivity index (χ2n) is 6.20. The molecule has 1 aromatic carbocycles. The lowest BCUT2D eigenvalue weighted by Crippen LogP contribution is -2.31. The zero-order chi connectivity index (χ0) is 20.4. The first-order chi connectivity index (χ1) is 13.3. The van der Waals surface area contributed by atoms with E-state index in [0.29, 0.717) is 13.0 Å². The molecule has 1 N–H and O–H groups in total. The number of esters is 1. The molecule has 0 aliphatic carbocycles. The van der Waals surface area contributed by atoms with Gasteiger partial charge in [-0.2, -0.15) is 0 Å². The highest BCUT2D eigenvalue weighted by Crippen LogP contribution is 2.16. The van der Waals surface area contributed by atoms with E-state index < -0.39 is 41.0 Å². The highest BCUT2D eigenvalue weighted by molar-refractivity contribution is 5.90. The van der Waals surface area contributed by atoms with E-state index in [-0.39, 0.29) is 17.0 Å². The van der Waals surface area contributed by atoms with Crippen molar-refractivity contribution in [3.63, 3.8) is 0 Å². The average Bonchev–Trinajstić information content (AvgIpc) is 2.96. The van der Waals surface area contributed by atoms with E-state index in [1.165, 1.54) is 16.2 Å². The third-order valence-electron chi connectivity index (χ3n) is 4.34. The molecule has 0 radical (unpaired) electrons. The number of ether oxygens (including phenoxy) is 1. The van der Waals surface area contributed by atoms with Crippen LogP contribution >= 0.6 is 0 Å². The fourth-order valence-electron chi connectivity index (χ4n) is 2.84. The minimum atomic E-state index is -1.19. The predicted octanol–water partition coefficient (Wildman–Crippen LogP) is 1.86. The molecule has 0 spiro atoms. The number of carbonyl (C=O) groups excluding carboxylic acids is 1. The van der Waals surface area contributed by atoms with Gasteiger partial charge in [0.05, 0.1) is 0 Å². The van der Waals surface area contributed by atoms with Crippen molar-refractivity contribution in [1.29, 1.82) is 0 Å². The van der Waals surface area contributed by atoms with Crippen molar-refractivity contribution in [2.45, 2.75) is 32.9 Å². The Bertz CT molecular complexity index is 1140. The second kappa shape index (κ2) is 7.75. The number of aromatic amines is 1. The second-order valence-corrected chi connectivity index (χ2v) is 6.20. The SMILES string of the molecule is CCCCn1c(=O)[nH]c(=O)c2c1nc(COC(=O)c1c(F)cccc1F)n2C. The molecule has 0 unspecified atom stereocenters. The number of fused-ring (bicyclic) bond motifs is 1. The maximum Gasteiger partial charge on any atom is 0.344 e. The van der Waals surface area contributed by atoms with E-state index >= 15 is 0 Å². The molecular weight excluding hydrogens is 374 g/mol. The summed E-state index contributed by atoms with van der Waals surface area (Å²) in [6.45, 7) is 1.89. The Hall–Kier alpha value is -3.30. The average molecular weight is 392 g/mol. The summed E-state index contributed by atoms with van der Waals surface area (Å²) in [5.41, 5.74) is -1.72. The Balaban J connectivity index is 1.95. The number of rotatable bonds is 6. The summed E-state index contributed by atoms with van der Waals surface area (Å²) in [6.07, 6.45) is 1.53. The summed E-state index contributed by atoms with van der Waals surface area (Å²) >= 11 is 0. The van der Waals surface area contributed by atoms with Gasteiger partial charge in [-0.15, -0.1) is 0 Å². The number of aryl methyl sites for hydroxylation is 2. The van der Waals surface area contributed by atoms with Gasteiger partial charge in [0.15, 0.2) is 11.2 Å². The topological polar surface area (TPSA) is 99.0 Å². The van der Waals surface area contributed by atoms with Gasteiger partial charge in [-0.05, 0) is 18.6 Å². The minimum absolute atomic E-state index is 0.138. The van der Waals surface area contributed by atoms with Crippen molar-refractivity contribution in [3.05, 3.63) is 62.1 Å². The Morgan fingerprint density at radius 1 is 1.25 bits per heavy atom. The van der Waals surface area contributed by atoms with Crippen LogP contribution in [-0.4, -0.2) is 25.1 Å². The first-order valence-corrected chi connectivity index (χ1v) is 8.64. The van der Waals surface area contributed by atoms with Crippen LogP contribution in [0.15, 0.2) is 27.8 Å². The van der Waals surface area contributed by atoms with Crippen LogP contribution in [0.1, 0.15) is 35.9 Å². The van der Waals surface area contributed by atoms with Gasteiger partial charge in [-0.1, -0.05) is 19.4 Å². The first kappa shape index (κ1) is 19.5. The number of imidazole rings is 1. The summed E-state index contributed by atoms with van der Waals surface area (Å²) < 4.78 is 35.1. The molecule has 28 heavy (non-hydrogen) atoms. The first-order valence-electron chi connectivity index (χ1n) is 8.64. The molecule has 0 aliphatic rings. The molecule has 0 aliphatic heterocycles. The van der Waals surface area contributed by atoms with Crippen molar-refractivity contribution in [2.75, 3.05) is 0 Å². The fraction of sp³-hybridized carbons (Fsp3) is 0.333. The largest absolute Gasteiger partial charge is 0.454 e. The maximum atomic E-state index is 13.7. The predicted molar refractivity (Wildman–Crippen MR) is 96.0 cm³/mol. The molecular formula is C18H18F2N4O4. The van der Waals surface area contributed by atoms with Crippen LogP contribution in [0.4, 0.5) is 8.78 Å². The van der Waals surface area contributed by atoms with Crippen LogP contribution in [0.5, 0.6) is 0 Å². The van der Waals surface area contributed by atoms with E-state index in [1.807, 2.05) is 6.92 Å². The number of hydrogen-bond donors (Lipinski definition) is 1. The van der Waals surface area contributed by atoms with Gasteiger partial charge in [0.25, 0.3) is 5.56 Å². The summed E-state index contributed by atoms with van der Waals surface area (Å²) in [7, 11) is 1.52.